The number of carbonyl (C=O) groups is 2. The average Bonchev–Trinajstić information content (AvgIpc) is 2.21. The Morgan fingerprint density at radius 2 is 1.88 bits per heavy atom. The van der Waals surface area contributed by atoms with E-state index in [0.29, 0.717) is 5.56 Å². The first-order valence-electron chi connectivity index (χ1n) is 4.81. The van der Waals surface area contributed by atoms with Gasteiger partial charge in [0.25, 0.3) is 0 Å². The second-order valence-electron chi connectivity index (χ2n) is 3.30. The van der Waals surface area contributed by atoms with Gasteiger partial charge in [0.15, 0.2) is 0 Å². The van der Waals surface area contributed by atoms with Gasteiger partial charge in [-0.15, -0.1) is 0 Å². The van der Waals surface area contributed by atoms with Crippen molar-refractivity contribution in [3.05, 3.63) is 35.6 Å². The fraction of sp³-hybridized carbons (Fsp3) is 0.273. The third-order valence-electron chi connectivity index (χ3n) is 1.94. The average molecular weight is 225 g/mol. The van der Waals surface area contributed by atoms with Gasteiger partial charge in [-0.3, -0.25) is 9.59 Å². The van der Waals surface area contributed by atoms with Crippen molar-refractivity contribution >= 4 is 11.9 Å². The third kappa shape index (κ3) is 4.54. The van der Waals surface area contributed by atoms with E-state index in [1.165, 1.54) is 24.3 Å². The van der Waals surface area contributed by atoms with Crippen LogP contribution in [-0.4, -0.2) is 23.5 Å². The van der Waals surface area contributed by atoms with Crippen LogP contribution in [0.15, 0.2) is 24.3 Å². The zero-order valence-electron chi connectivity index (χ0n) is 8.57. The van der Waals surface area contributed by atoms with Crippen molar-refractivity contribution in [1.29, 1.82) is 0 Å². The highest BCUT2D eigenvalue weighted by Gasteiger charge is 2.04. The molecule has 0 saturated heterocycles. The summed E-state index contributed by atoms with van der Waals surface area (Å²) in [6.45, 7) is 0.107. The molecule has 1 aromatic carbocycles. The Bertz CT molecular complexity index is 375. The summed E-state index contributed by atoms with van der Waals surface area (Å²) in [4.78, 5) is 21.5. The Morgan fingerprint density at radius 3 is 2.44 bits per heavy atom. The van der Waals surface area contributed by atoms with Gasteiger partial charge in [-0.2, -0.15) is 0 Å². The van der Waals surface area contributed by atoms with Gasteiger partial charge in [0.05, 0.1) is 12.8 Å². The zero-order valence-corrected chi connectivity index (χ0v) is 8.57. The minimum Gasteiger partial charge on any atom is -0.481 e. The molecule has 1 aromatic rings. The number of nitrogens with one attached hydrogen (secondary N) is 1. The van der Waals surface area contributed by atoms with Gasteiger partial charge in [0, 0.05) is 6.54 Å². The van der Waals surface area contributed by atoms with Crippen molar-refractivity contribution in [1.82, 2.24) is 5.32 Å². The number of benzene rings is 1. The van der Waals surface area contributed by atoms with E-state index < -0.39 is 5.97 Å². The van der Waals surface area contributed by atoms with E-state index in [-0.39, 0.29) is 31.1 Å². The van der Waals surface area contributed by atoms with Crippen molar-refractivity contribution in [3.8, 4) is 0 Å². The van der Waals surface area contributed by atoms with Gasteiger partial charge >= 0.3 is 5.97 Å². The number of carbonyl (C=O) groups excluding carboxylic acids is 1. The summed E-state index contributed by atoms with van der Waals surface area (Å²) >= 11 is 0. The van der Waals surface area contributed by atoms with Crippen LogP contribution in [-0.2, 0) is 16.0 Å². The molecule has 0 spiro atoms. The number of hydrogen-bond acceptors (Lipinski definition) is 2. The van der Waals surface area contributed by atoms with E-state index >= 15 is 0 Å². The Hall–Kier alpha value is -1.91. The normalized spacial score (nSPS) is 9.81. The smallest absolute Gasteiger partial charge is 0.305 e. The fourth-order valence-electron chi connectivity index (χ4n) is 1.16. The first-order valence-corrected chi connectivity index (χ1v) is 4.81. The maximum atomic E-state index is 12.5. The molecule has 5 heteroatoms. The molecular weight excluding hydrogens is 213 g/mol. The van der Waals surface area contributed by atoms with Crippen molar-refractivity contribution < 1.29 is 19.1 Å². The number of carboxylic acid groups (broad SMARTS) is 1. The monoisotopic (exact) mass is 225 g/mol. The van der Waals surface area contributed by atoms with Gasteiger partial charge in [-0.05, 0) is 17.7 Å². The van der Waals surface area contributed by atoms with Gasteiger partial charge < -0.3 is 10.4 Å². The molecule has 2 N–H and O–H groups in total. The number of halogens is 1. The molecular formula is C11H12FNO3. The van der Waals surface area contributed by atoms with Gasteiger partial charge in [-0.25, -0.2) is 4.39 Å². The molecule has 0 aromatic heterocycles. The van der Waals surface area contributed by atoms with Gasteiger partial charge in [0.2, 0.25) is 5.91 Å². The molecule has 0 aliphatic heterocycles. The maximum absolute atomic E-state index is 12.5. The standard InChI is InChI=1S/C11H12FNO3/c12-9-3-1-8(2-4-9)7-10(14)13-6-5-11(15)16/h1-4H,5-7H2,(H,13,14)(H,15,16). The molecule has 0 heterocycles. The summed E-state index contributed by atoms with van der Waals surface area (Å²) in [7, 11) is 0. The molecule has 4 nitrogen and oxygen atoms in total. The van der Waals surface area contributed by atoms with E-state index in [4.69, 9.17) is 5.11 Å². The summed E-state index contributed by atoms with van der Waals surface area (Å²) in [5.74, 6) is -1.58. The molecule has 0 aliphatic rings. The highest BCUT2D eigenvalue weighted by atomic mass is 19.1. The Labute approximate surface area is 92.1 Å². The Morgan fingerprint density at radius 1 is 1.25 bits per heavy atom. The zero-order chi connectivity index (χ0) is 12.0. The Balaban J connectivity index is 2.34. The lowest BCUT2D eigenvalue weighted by atomic mass is 10.1. The second-order valence-corrected chi connectivity index (χ2v) is 3.30. The number of rotatable bonds is 5. The molecule has 1 amide bonds. The predicted molar refractivity (Wildman–Crippen MR) is 55.4 cm³/mol. The van der Waals surface area contributed by atoms with Crippen LogP contribution < -0.4 is 5.32 Å². The van der Waals surface area contributed by atoms with Gasteiger partial charge in [0.1, 0.15) is 5.82 Å². The molecule has 0 saturated carbocycles. The predicted octanol–water partition coefficient (Wildman–Crippen LogP) is 0.959. The van der Waals surface area contributed by atoms with E-state index in [1.54, 1.807) is 0 Å². The van der Waals surface area contributed by atoms with E-state index in [1.807, 2.05) is 0 Å². The number of hydrogen-bond donors (Lipinski definition) is 2. The first-order chi connectivity index (χ1) is 7.58. The van der Waals surface area contributed by atoms with Crippen LogP contribution in [0.4, 0.5) is 4.39 Å². The minimum absolute atomic E-state index is 0.102. The number of carboxylic acids is 1. The lowest BCUT2D eigenvalue weighted by molar-refractivity contribution is -0.136. The SMILES string of the molecule is O=C(O)CCNC(=O)Cc1ccc(F)cc1. The molecule has 0 aliphatic carbocycles. The quantitative estimate of drug-likeness (QED) is 0.784. The fourth-order valence-corrected chi connectivity index (χ4v) is 1.16. The van der Waals surface area contributed by atoms with Crippen molar-refractivity contribution in [2.24, 2.45) is 0 Å². The minimum atomic E-state index is -0.956. The Kier molecular flexibility index (Phi) is 4.44. The summed E-state index contributed by atoms with van der Waals surface area (Å²) in [5.41, 5.74) is 0.689. The van der Waals surface area contributed by atoms with Crippen LogP contribution >= 0.6 is 0 Å². The number of amides is 1. The molecule has 0 unspecified atom stereocenters. The largest absolute Gasteiger partial charge is 0.481 e. The maximum Gasteiger partial charge on any atom is 0.305 e. The van der Waals surface area contributed by atoms with E-state index in [2.05, 4.69) is 5.32 Å². The van der Waals surface area contributed by atoms with Crippen molar-refractivity contribution in [3.63, 3.8) is 0 Å². The van der Waals surface area contributed by atoms with Crippen LogP contribution in [0.5, 0.6) is 0 Å². The second kappa shape index (κ2) is 5.85. The topological polar surface area (TPSA) is 66.4 Å². The molecule has 0 radical (unpaired) electrons. The highest BCUT2D eigenvalue weighted by molar-refractivity contribution is 5.79. The van der Waals surface area contributed by atoms with Crippen molar-refractivity contribution in [2.75, 3.05) is 6.54 Å². The lowest BCUT2D eigenvalue weighted by Gasteiger charge is -2.03. The summed E-state index contributed by atoms with van der Waals surface area (Å²) in [6.07, 6.45) is 0.0229. The number of aliphatic carboxylic acids is 1. The molecule has 0 bridgehead atoms. The molecule has 0 atom stereocenters. The molecule has 1 rings (SSSR count). The van der Waals surface area contributed by atoms with Crippen molar-refractivity contribution in [2.45, 2.75) is 12.8 Å². The van der Waals surface area contributed by atoms with Crippen LogP contribution in [0.25, 0.3) is 0 Å². The summed E-state index contributed by atoms with van der Waals surface area (Å²) < 4.78 is 12.5. The van der Waals surface area contributed by atoms with E-state index in [0.717, 1.165) is 0 Å². The van der Waals surface area contributed by atoms with Crippen LogP contribution in [0, 0.1) is 5.82 Å². The molecule has 16 heavy (non-hydrogen) atoms. The van der Waals surface area contributed by atoms with Crippen LogP contribution in [0.2, 0.25) is 0 Å². The highest BCUT2D eigenvalue weighted by Crippen LogP contribution is 2.03. The van der Waals surface area contributed by atoms with Gasteiger partial charge in [-0.1, -0.05) is 12.1 Å². The summed E-state index contributed by atoms with van der Waals surface area (Å²) in [5, 5.41) is 10.8. The first kappa shape index (κ1) is 12.2. The van der Waals surface area contributed by atoms with Crippen LogP contribution in [0.1, 0.15) is 12.0 Å². The lowest BCUT2D eigenvalue weighted by Crippen LogP contribution is -2.27. The van der Waals surface area contributed by atoms with E-state index in [9.17, 15) is 14.0 Å². The molecule has 0 fully saturated rings. The molecule has 86 valence electrons. The van der Waals surface area contributed by atoms with Crippen LogP contribution in [0.3, 0.4) is 0 Å². The third-order valence-corrected chi connectivity index (χ3v) is 1.94. The summed E-state index contributed by atoms with van der Waals surface area (Å²) in [6, 6.07) is 5.60.